The van der Waals surface area contributed by atoms with Crippen molar-refractivity contribution in [2.75, 3.05) is 0 Å². The fourth-order valence-electron chi connectivity index (χ4n) is 4.48. The molecule has 0 saturated carbocycles. The number of hydrogen-bond acceptors (Lipinski definition) is 2. The summed E-state index contributed by atoms with van der Waals surface area (Å²) in [5, 5.41) is 24.0. The molecule has 0 aromatic heterocycles. The van der Waals surface area contributed by atoms with Crippen molar-refractivity contribution in [1.82, 2.24) is 0 Å². The van der Waals surface area contributed by atoms with Crippen LogP contribution in [0.15, 0.2) is 109 Å². The molecule has 6 aromatic rings. The quantitative estimate of drug-likeness (QED) is 0.127. The summed E-state index contributed by atoms with van der Waals surface area (Å²) in [7, 11) is 0. The van der Waals surface area contributed by atoms with Crippen LogP contribution in [-0.2, 0) is 23.3 Å². The van der Waals surface area contributed by atoms with E-state index in [1.165, 1.54) is 56.0 Å². The molecule has 0 spiro atoms. The van der Waals surface area contributed by atoms with Crippen molar-refractivity contribution in [3.05, 3.63) is 157 Å². The molecule has 42 heavy (non-hydrogen) atoms. The van der Waals surface area contributed by atoms with Crippen molar-refractivity contribution in [1.29, 1.82) is 0 Å². The Kier molecular flexibility index (Phi) is 18.3. The average molecular weight is 652 g/mol. The molecule has 0 aliphatic heterocycles. The Labute approximate surface area is 271 Å². The average Bonchev–Trinajstić information content (AvgIpc) is 3.62. The van der Waals surface area contributed by atoms with Crippen molar-refractivity contribution in [3.8, 4) is 11.5 Å². The SMILES string of the molecule is Cc1cc(C)c(O)c(C)c1.Cc1cc(C)c(O)c(C)c1.[CH3-].[CH3-].[Si]=[Zr].c1ccc2[cH-]ccc2c1.c1ccc2[cH-]ccc2c1. The first-order valence-corrected chi connectivity index (χ1v) is 17.3. The van der Waals surface area contributed by atoms with E-state index >= 15 is 0 Å². The molecule has 220 valence electrons. The molecule has 0 bridgehead atoms. The Hall–Kier alpha value is -3.20. The van der Waals surface area contributed by atoms with Crippen LogP contribution in [0.3, 0.4) is 0 Å². The van der Waals surface area contributed by atoms with E-state index in [4.69, 9.17) is 0 Å². The van der Waals surface area contributed by atoms with E-state index in [1.54, 1.807) is 0 Å². The van der Waals surface area contributed by atoms with Gasteiger partial charge in [-0.1, -0.05) is 47.5 Å². The zero-order chi connectivity index (χ0) is 29.7. The number of fused-ring (bicyclic) bond motifs is 2. The third-order valence-electron chi connectivity index (χ3n) is 6.37. The van der Waals surface area contributed by atoms with Gasteiger partial charge < -0.3 is 25.1 Å². The molecule has 2 nitrogen and oxygen atoms in total. The zero-order valence-corrected chi connectivity index (χ0v) is 29.7. The molecule has 0 unspecified atom stereocenters. The second-order valence-corrected chi connectivity index (χ2v) is 9.80. The van der Waals surface area contributed by atoms with Crippen LogP contribution in [0.4, 0.5) is 0 Å². The first-order chi connectivity index (χ1) is 19.2. The van der Waals surface area contributed by atoms with Gasteiger partial charge in [0.1, 0.15) is 11.5 Å². The Balaban J connectivity index is 0.000000515. The maximum atomic E-state index is 9.33. The third kappa shape index (κ3) is 12.0. The normalized spacial score (nSPS) is 9.17. The molecule has 6 rings (SSSR count). The predicted octanol–water partition coefficient (Wildman–Crippen LogP) is 10.3. The Morgan fingerprint density at radius 3 is 1.07 bits per heavy atom. The van der Waals surface area contributed by atoms with Gasteiger partial charge in [-0.15, -0.1) is 59.3 Å². The molecule has 0 atom stereocenters. The maximum absolute atomic E-state index is 9.33. The van der Waals surface area contributed by atoms with Gasteiger partial charge in [0.25, 0.3) is 0 Å². The van der Waals surface area contributed by atoms with Gasteiger partial charge in [-0.05, 0) is 63.8 Å². The molecule has 2 N–H and O–H groups in total. The molecule has 2 radical (unpaired) electrons. The van der Waals surface area contributed by atoms with Crippen molar-refractivity contribution in [2.45, 2.75) is 41.5 Å². The van der Waals surface area contributed by atoms with Crippen molar-refractivity contribution in [3.63, 3.8) is 0 Å². The number of aromatic hydroxyl groups is 2. The van der Waals surface area contributed by atoms with Crippen LogP contribution in [0.25, 0.3) is 21.5 Å². The van der Waals surface area contributed by atoms with Crippen LogP contribution in [0, 0.1) is 56.4 Å². The largest absolute Gasteiger partial charge is 0.168 e. The molecule has 0 amide bonds. The fourth-order valence-corrected chi connectivity index (χ4v) is 4.48. The first-order valence-electron chi connectivity index (χ1n) is 13.1. The van der Waals surface area contributed by atoms with Crippen LogP contribution in [0.5, 0.6) is 11.5 Å². The van der Waals surface area contributed by atoms with Gasteiger partial charge in [0.15, 0.2) is 0 Å². The van der Waals surface area contributed by atoms with Gasteiger partial charge in [0.2, 0.25) is 0 Å². The van der Waals surface area contributed by atoms with Crippen LogP contribution in [0.2, 0.25) is 0 Å². The van der Waals surface area contributed by atoms with Crippen LogP contribution in [0.1, 0.15) is 33.4 Å². The monoisotopic (exact) mass is 650 g/mol. The summed E-state index contributed by atoms with van der Waals surface area (Å²) in [5.74, 6) is 0.844. The number of phenolic OH excluding ortho intramolecular Hbond substituents is 2. The van der Waals surface area contributed by atoms with Crippen molar-refractivity contribution < 1.29 is 33.5 Å². The number of benzene rings is 4. The number of phenols is 2. The van der Waals surface area contributed by atoms with Gasteiger partial charge in [0, 0.05) is 0 Å². The Morgan fingerprint density at radius 1 is 0.500 bits per heavy atom. The number of aryl methyl sites for hydroxylation is 6. The molecule has 6 aromatic carbocycles. The summed E-state index contributed by atoms with van der Waals surface area (Å²) in [5.41, 5.74) is 6.23. The maximum Gasteiger partial charge on any atom is -0.0809 e. The number of hydrogen-bond donors (Lipinski definition) is 2. The van der Waals surface area contributed by atoms with Crippen LogP contribution in [-0.4, -0.2) is 17.1 Å². The smallest absolute Gasteiger partial charge is 0.0809 e. The van der Waals surface area contributed by atoms with E-state index in [1.807, 2.05) is 65.8 Å². The molecular formula is C38H44O2SiZr-4. The minimum atomic E-state index is 0. The minimum absolute atomic E-state index is 0. The van der Waals surface area contributed by atoms with E-state index in [9.17, 15) is 10.2 Å². The molecule has 0 aliphatic rings. The number of rotatable bonds is 0. The third-order valence-corrected chi connectivity index (χ3v) is 6.37. The topological polar surface area (TPSA) is 40.5 Å². The predicted molar refractivity (Wildman–Crippen MR) is 182 cm³/mol. The van der Waals surface area contributed by atoms with Crippen LogP contribution < -0.4 is 0 Å². The summed E-state index contributed by atoms with van der Waals surface area (Å²) in [6.07, 6.45) is 0. The second-order valence-electron chi connectivity index (χ2n) is 9.80. The van der Waals surface area contributed by atoms with Crippen molar-refractivity contribution >= 4 is 28.4 Å². The van der Waals surface area contributed by atoms with Gasteiger partial charge >= 0.3 is 30.2 Å². The van der Waals surface area contributed by atoms with Gasteiger partial charge in [-0.3, -0.25) is 0 Å². The standard InChI is InChI=1S/2C9H12O.2C9H7.2CH3.Si.Zr/c2*1-6-4-7(2)9(10)8(3)5-6;2*1-2-5-9-7-3-6-8(9)4-1;;;;/h2*4-5,10H,1-3H3;2*1-7H;2*1H3;;/q;;4*-1;;. The molecule has 4 heteroatoms. The van der Waals surface area contributed by atoms with E-state index in [-0.39, 0.29) is 14.9 Å². The first kappa shape index (κ1) is 38.8. The van der Waals surface area contributed by atoms with Crippen molar-refractivity contribution in [2.24, 2.45) is 0 Å². The summed E-state index contributed by atoms with van der Waals surface area (Å²) in [4.78, 5) is 0. The Morgan fingerprint density at radius 2 is 0.786 bits per heavy atom. The summed E-state index contributed by atoms with van der Waals surface area (Å²) in [6, 6.07) is 37.2. The van der Waals surface area contributed by atoms with Gasteiger partial charge in [-0.25, -0.2) is 0 Å². The molecule has 0 saturated heterocycles. The second kappa shape index (κ2) is 19.8. The van der Waals surface area contributed by atoms with Gasteiger partial charge in [0.05, 0.1) is 0 Å². The van der Waals surface area contributed by atoms with Gasteiger partial charge in [-0.2, -0.15) is 35.0 Å². The molecular weight excluding hydrogens is 608 g/mol. The van der Waals surface area contributed by atoms with E-state index in [0.717, 1.165) is 22.3 Å². The Bertz CT molecular complexity index is 1400. The van der Waals surface area contributed by atoms with E-state index in [0.29, 0.717) is 11.5 Å². The molecule has 0 fully saturated rings. The molecule has 0 aliphatic carbocycles. The minimum Gasteiger partial charge on any atom is -0.168 e. The fraction of sp³-hybridized carbons (Fsp3) is 0.158. The summed E-state index contributed by atoms with van der Waals surface area (Å²) < 4.78 is 0. The molecule has 0 heterocycles. The van der Waals surface area contributed by atoms with Crippen LogP contribution >= 0.6 is 0 Å². The summed E-state index contributed by atoms with van der Waals surface area (Å²) in [6.45, 7) is 14.8. The zero-order valence-electron chi connectivity index (χ0n) is 26.3. The van der Waals surface area contributed by atoms with E-state index < -0.39 is 0 Å². The summed E-state index contributed by atoms with van der Waals surface area (Å²) >= 11 is 1.36. The van der Waals surface area contributed by atoms with E-state index in [2.05, 4.69) is 91.8 Å².